The van der Waals surface area contributed by atoms with E-state index in [1.54, 1.807) is 0 Å². The Labute approximate surface area is 70.1 Å². The molecule has 0 spiro atoms. The van der Waals surface area contributed by atoms with Gasteiger partial charge in [0.1, 0.15) is 11.5 Å². The fourth-order valence-electron chi connectivity index (χ4n) is 1.12. The highest BCUT2D eigenvalue weighted by molar-refractivity contribution is 5.15. The van der Waals surface area contributed by atoms with Gasteiger partial charge in [-0.15, -0.1) is 0 Å². The second-order valence-corrected chi connectivity index (χ2v) is 2.97. The summed E-state index contributed by atoms with van der Waals surface area (Å²) in [6.07, 6.45) is -0.453. The maximum atomic E-state index is 9.44. The highest BCUT2D eigenvalue weighted by Gasteiger charge is 2.36. The first kappa shape index (κ1) is 9.31. The van der Waals surface area contributed by atoms with Crippen molar-refractivity contribution in [2.24, 2.45) is 5.73 Å². The normalized spacial score (nSPS) is 37.1. The largest absolute Gasteiger partial charge is 0.510 e. The van der Waals surface area contributed by atoms with Crippen LogP contribution in [0.2, 0.25) is 0 Å². The summed E-state index contributed by atoms with van der Waals surface area (Å²) in [6, 6.07) is 0. The Balaban J connectivity index is 2.86. The minimum absolute atomic E-state index is 0.0906. The van der Waals surface area contributed by atoms with Gasteiger partial charge in [-0.1, -0.05) is 0 Å². The molecule has 0 saturated carbocycles. The van der Waals surface area contributed by atoms with Crippen LogP contribution in [-0.2, 0) is 4.74 Å². The predicted molar refractivity (Wildman–Crippen MR) is 41.0 cm³/mol. The molecular formula is C7H13NO4. The Morgan fingerprint density at radius 1 is 1.75 bits per heavy atom. The molecule has 0 fully saturated rings. The van der Waals surface area contributed by atoms with Gasteiger partial charge in [0.05, 0.1) is 12.7 Å². The van der Waals surface area contributed by atoms with Gasteiger partial charge in [0, 0.05) is 6.42 Å². The van der Waals surface area contributed by atoms with Crippen molar-refractivity contribution in [1.82, 2.24) is 0 Å². The molecule has 0 amide bonds. The number of hydrogen-bond donors (Lipinski definition) is 4. The van der Waals surface area contributed by atoms with Gasteiger partial charge in [-0.3, -0.25) is 0 Å². The Morgan fingerprint density at radius 3 is 2.75 bits per heavy atom. The van der Waals surface area contributed by atoms with Crippen molar-refractivity contribution in [2.45, 2.75) is 25.2 Å². The van der Waals surface area contributed by atoms with E-state index in [1.807, 2.05) is 0 Å². The second-order valence-electron chi connectivity index (χ2n) is 2.97. The maximum Gasteiger partial charge on any atom is 0.207 e. The smallest absolute Gasteiger partial charge is 0.207 e. The van der Waals surface area contributed by atoms with Crippen LogP contribution in [0.25, 0.3) is 0 Å². The number of nitrogens with two attached hydrogens (primary N) is 1. The van der Waals surface area contributed by atoms with E-state index in [9.17, 15) is 10.2 Å². The molecule has 70 valence electrons. The quantitative estimate of drug-likeness (QED) is 0.418. The first-order valence-corrected chi connectivity index (χ1v) is 3.66. The average Bonchev–Trinajstić information content (AvgIpc) is 1.99. The molecule has 0 bridgehead atoms. The van der Waals surface area contributed by atoms with Gasteiger partial charge in [-0.2, -0.15) is 0 Å². The zero-order valence-electron chi connectivity index (χ0n) is 6.82. The van der Waals surface area contributed by atoms with Gasteiger partial charge >= 0.3 is 0 Å². The molecule has 1 heterocycles. The molecule has 1 rings (SSSR count). The highest BCUT2D eigenvalue weighted by Crippen LogP contribution is 2.27. The summed E-state index contributed by atoms with van der Waals surface area (Å²) in [7, 11) is 0. The number of rotatable bonds is 1. The standard InChI is InChI=1S/C7H13NO4/c1-7(11)6(8)5(10)2-4(3-9)12-7/h4,9-11H,2-3,8H2,1H3. The van der Waals surface area contributed by atoms with Crippen molar-refractivity contribution >= 4 is 0 Å². The van der Waals surface area contributed by atoms with Crippen molar-refractivity contribution in [2.75, 3.05) is 6.61 Å². The fraction of sp³-hybridized carbons (Fsp3) is 0.714. The predicted octanol–water partition coefficient (Wildman–Crippen LogP) is -0.796. The van der Waals surface area contributed by atoms with E-state index < -0.39 is 11.9 Å². The zero-order chi connectivity index (χ0) is 9.35. The summed E-state index contributed by atoms with van der Waals surface area (Å²) in [4.78, 5) is 0. The molecule has 0 saturated heterocycles. The summed E-state index contributed by atoms with van der Waals surface area (Å²) in [5.74, 6) is -1.79. The summed E-state index contributed by atoms with van der Waals surface area (Å²) in [6.45, 7) is 1.06. The van der Waals surface area contributed by atoms with E-state index in [1.165, 1.54) is 6.92 Å². The van der Waals surface area contributed by atoms with Crippen LogP contribution in [0.5, 0.6) is 0 Å². The number of aliphatic hydroxyl groups excluding tert-OH is 2. The third kappa shape index (κ3) is 1.52. The van der Waals surface area contributed by atoms with Gasteiger partial charge in [-0.05, 0) is 6.92 Å². The molecule has 0 aromatic rings. The van der Waals surface area contributed by atoms with Gasteiger partial charge in [-0.25, -0.2) is 0 Å². The van der Waals surface area contributed by atoms with Gasteiger partial charge in [0.15, 0.2) is 0 Å². The zero-order valence-corrected chi connectivity index (χ0v) is 6.82. The van der Waals surface area contributed by atoms with E-state index in [0.29, 0.717) is 0 Å². The van der Waals surface area contributed by atoms with E-state index in [4.69, 9.17) is 15.6 Å². The minimum Gasteiger partial charge on any atom is -0.510 e. The van der Waals surface area contributed by atoms with Crippen LogP contribution in [0.1, 0.15) is 13.3 Å². The van der Waals surface area contributed by atoms with Gasteiger partial charge in [0.2, 0.25) is 5.79 Å². The molecule has 0 radical (unpaired) electrons. The molecule has 2 atom stereocenters. The molecule has 2 unspecified atom stereocenters. The van der Waals surface area contributed by atoms with E-state index in [0.717, 1.165) is 0 Å². The van der Waals surface area contributed by atoms with E-state index in [2.05, 4.69) is 0 Å². The summed E-state index contributed by atoms with van der Waals surface area (Å²) in [5.41, 5.74) is 5.26. The molecule has 0 aromatic heterocycles. The third-order valence-electron chi connectivity index (χ3n) is 1.83. The fourth-order valence-corrected chi connectivity index (χ4v) is 1.12. The topological polar surface area (TPSA) is 95.9 Å². The molecule has 0 aliphatic carbocycles. The van der Waals surface area contributed by atoms with Crippen molar-refractivity contribution in [3.05, 3.63) is 11.5 Å². The van der Waals surface area contributed by atoms with Gasteiger partial charge < -0.3 is 25.8 Å². The van der Waals surface area contributed by atoms with Crippen molar-refractivity contribution in [1.29, 1.82) is 0 Å². The lowest BCUT2D eigenvalue weighted by Gasteiger charge is -2.33. The molecule has 5 N–H and O–H groups in total. The van der Waals surface area contributed by atoms with E-state index >= 15 is 0 Å². The first-order valence-electron chi connectivity index (χ1n) is 3.66. The van der Waals surface area contributed by atoms with Gasteiger partial charge in [0.25, 0.3) is 0 Å². The van der Waals surface area contributed by atoms with Crippen LogP contribution in [0.15, 0.2) is 11.5 Å². The number of hydrogen-bond acceptors (Lipinski definition) is 5. The van der Waals surface area contributed by atoms with E-state index in [-0.39, 0.29) is 24.5 Å². The summed E-state index contributed by atoms with van der Waals surface area (Å²) >= 11 is 0. The van der Waals surface area contributed by atoms with Crippen LogP contribution in [0.4, 0.5) is 0 Å². The molecule has 1 aliphatic heterocycles. The Morgan fingerprint density at radius 2 is 2.33 bits per heavy atom. The van der Waals surface area contributed by atoms with Crippen LogP contribution < -0.4 is 5.73 Å². The molecular weight excluding hydrogens is 162 g/mol. The number of ether oxygens (including phenoxy) is 1. The SMILES string of the molecule is CC1(O)OC(CO)CC(O)=C1N. The van der Waals surface area contributed by atoms with Crippen LogP contribution in [0, 0.1) is 0 Å². The highest BCUT2D eigenvalue weighted by atomic mass is 16.6. The lowest BCUT2D eigenvalue weighted by atomic mass is 10.1. The Kier molecular flexibility index (Phi) is 2.27. The molecule has 5 nitrogen and oxygen atoms in total. The Bertz CT molecular complexity index is 211. The lowest BCUT2D eigenvalue weighted by molar-refractivity contribution is -0.212. The lowest BCUT2D eigenvalue weighted by Crippen LogP contribution is -2.44. The van der Waals surface area contributed by atoms with Crippen LogP contribution in [-0.4, -0.2) is 33.8 Å². The summed E-state index contributed by atoms with van der Waals surface area (Å²) in [5, 5.41) is 27.4. The minimum atomic E-state index is -1.67. The van der Waals surface area contributed by atoms with Crippen molar-refractivity contribution < 1.29 is 20.1 Å². The molecule has 0 aromatic carbocycles. The molecule has 12 heavy (non-hydrogen) atoms. The molecule has 5 heteroatoms. The second kappa shape index (κ2) is 2.93. The maximum absolute atomic E-state index is 9.44. The van der Waals surface area contributed by atoms with Crippen LogP contribution in [0.3, 0.4) is 0 Å². The molecule has 1 aliphatic rings. The average molecular weight is 175 g/mol. The first-order chi connectivity index (χ1) is 5.47. The van der Waals surface area contributed by atoms with Crippen molar-refractivity contribution in [3.8, 4) is 0 Å². The Hall–Kier alpha value is -0.780. The monoisotopic (exact) mass is 175 g/mol. The summed E-state index contributed by atoms with van der Waals surface area (Å²) < 4.78 is 4.97. The number of aliphatic hydroxyl groups is 3. The third-order valence-corrected chi connectivity index (χ3v) is 1.83. The van der Waals surface area contributed by atoms with Crippen LogP contribution >= 0.6 is 0 Å². The van der Waals surface area contributed by atoms with Crippen molar-refractivity contribution in [3.63, 3.8) is 0 Å².